The summed E-state index contributed by atoms with van der Waals surface area (Å²) >= 11 is 0. The predicted octanol–water partition coefficient (Wildman–Crippen LogP) is 2.11. The van der Waals surface area contributed by atoms with E-state index in [-0.39, 0.29) is 12.0 Å². The monoisotopic (exact) mass is 258 g/mol. The molecule has 3 rings (SSSR count). The van der Waals surface area contributed by atoms with Gasteiger partial charge < -0.3 is 15.0 Å². The number of hydrogen-bond donors (Lipinski definition) is 0. The van der Waals surface area contributed by atoms with Crippen LogP contribution in [0.1, 0.15) is 18.2 Å². The first kappa shape index (κ1) is 11.4. The lowest BCUT2D eigenvalue weighted by Gasteiger charge is -2.06. The van der Waals surface area contributed by atoms with Gasteiger partial charge in [-0.05, 0) is 15.5 Å². The van der Waals surface area contributed by atoms with Gasteiger partial charge in [-0.3, -0.25) is 4.57 Å². The fourth-order valence-corrected chi connectivity index (χ4v) is 1.90. The van der Waals surface area contributed by atoms with Crippen LogP contribution in [0.15, 0.2) is 48.0 Å². The van der Waals surface area contributed by atoms with E-state index in [1.807, 2.05) is 30.3 Å². The first-order chi connectivity index (χ1) is 9.24. The van der Waals surface area contributed by atoms with Gasteiger partial charge >= 0.3 is 5.82 Å². The van der Waals surface area contributed by atoms with Crippen LogP contribution in [-0.2, 0) is 4.84 Å². The third kappa shape index (κ3) is 2.17. The van der Waals surface area contributed by atoms with Crippen LogP contribution >= 0.6 is 0 Å². The molecule has 2 heterocycles. The lowest BCUT2D eigenvalue weighted by atomic mass is 10.1. The van der Waals surface area contributed by atoms with E-state index in [4.69, 9.17) is 4.84 Å². The molecule has 0 bridgehead atoms. The Balaban J connectivity index is 1.75. The number of hydrogen-bond acceptors (Lipinski definition) is 5. The molecule has 7 heteroatoms. The maximum Gasteiger partial charge on any atom is 0.381 e. The van der Waals surface area contributed by atoms with Crippen molar-refractivity contribution < 1.29 is 9.76 Å². The highest BCUT2D eigenvalue weighted by molar-refractivity contribution is 6.00. The smallest absolute Gasteiger partial charge is 0.369 e. The molecular formula is C12H10N4O3. The van der Waals surface area contributed by atoms with Gasteiger partial charge in [0.2, 0.25) is 12.6 Å². The highest BCUT2D eigenvalue weighted by Gasteiger charge is 2.25. The Morgan fingerprint density at radius 2 is 2.16 bits per heavy atom. The molecule has 2 aromatic rings. The first-order valence-electron chi connectivity index (χ1n) is 5.70. The molecule has 1 atom stereocenters. The normalized spacial score (nSPS) is 17.9. The summed E-state index contributed by atoms with van der Waals surface area (Å²) in [7, 11) is 0. The number of imidazole rings is 1. The number of rotatable bonds is 3. The lowest BCUT2D eigenvalue weighted by molar-refractivity contribution is -0.389. The average Bonchev–Trinajstić information content (AvgIpc) is 3.09. The van der Waals surface area contributed by atoms with Gasteiger partial charge in [0, 0.05) is 0 Å². The molecule has 7 nitrogen and oxygen atoms in total. The second-order valence-electron chi connectivity index (χ2n) is 4.10. The maximum atomic E-state index is 10.6. The van der Waals surface area contributed by atoms with Crippen LogP contribution in [0.4, 0.5) is 5.82 Å². The quantitative estimate of drug-likeness (QED) is 0.623. The highest BCUT2D eigenvalue weighted by Crippen LogP contribution is 2.25. The Morgan fingerprint density at radius 1 is 1.37 bits per heavy atom. The highest BCUT2D eigenvalue weighted by atomic mass is 16.7. The molecule has 0 fully saturated rings. The van der Waals surface area contributed by atoms with Crippen molar-refractivity contribution in [2.45, 2.75) is 12.6 Å². The Kier molecular flexibility index (Phi) is 2.71. The van der Waals surface area contributed by atoms with Crippen molar-refractivity contribution in [3.05, 3.63) is 58.5 Å². The molecule has 1 aromatic heterocycles. The standard InChI is InChI=1S/C12H10N4O3/c17-16(18)11-7-15(8-13-11)12-6-10(14-19-12)9-4-2-1-3-5-9/h1-5,7-8,12H,6H2. The van der Waals surface area contributed by atoms with Crippen LogP contribution in [0.25, 0.3) is 0 Å². The number of nitrogens with zero attached hydrogens (tertiary/aromatic N) is 4. The molecule has 0 N–H and O–H groups in total. The second kappa shape index (κ2) is 4.52. The van der Waals surface area contributed by atoms with Crippen molar-refractivity contribution in [2.24, 2.45) is 5.16 Å². The van der Waals surface area contributed by atoms with Crippen LogP contribution in [0.5, 0.6) is 0 Å². The van der Waals surface area contributed by atoms with E-state index in [1.165, 1.54) is 12.5 Å². The first-order valence-corrected chi connectivity index (χ1v) is 5.70. The lowest BCUT2D eigenvalue weighted by Crippen LogP contribution is -2.07. The largest absolute Gasteiger partial charge is 0.381 e. The van der Waals surface area contributed by atoms with Gasteiger partial charge in [-0.1, -0.05) is 35.5 Å². The molecule has 1 aliphatic heterocycles. The molecule has 0 amide bonds. The summed E-state index contributed by atoms with van der Waals surface area (Å²) in [5.74, 6) is -0.197. The number of benzene rings is 1. The summed E-state index contributed by atoms with van der Waals surface area (Å²) in [5.41, 5.74) is 1.81. The van der Waals surface area contributed by atoms with Gasteiger partial charge in [-0.2, -0.15) is 0 Å². The molecule has 1 unspecified atom stereocenters. The molecule has 0 aliphatic carbocycles. The Morgan fingerprint density at radius 3 is 2.84 bits per heavy atom. The van der Waals surface area contributed by atoms with Crippen molar-refractivity contribution >= 4 is 11.5 Å². The van der Waals surface area contributed by atoms with Crippen LogP contribution in [0.2, 0.25) is 0 Å². The Labute approximate surface area is 108 Å². The van der Waals surface area contributed by atoms with E-state index in [0.717, 1.165) is 11.3 Å². The van der Waals surface area contributed by atoms with Crippen LogP contribution in [0, 0.1) is 10.1 Å². The molecule has 96 valence electrons. The van der Waals surface area contributed by atoms with Gasteiger partial charge in [0.15, 0.2) is 0 Å². The van der Waals surface area contributed by atoms with Crippen molar-refractivity contribution in [3.63, 3.8) is 0 Å². The van der Waals surface area contributed by atoms with E-state index in [1.54, 1.807) is 4.57 Å². The van der Waals surface area contributed by atoms with Crippen molar-refractivity contribution in [1.82, 2.24) is 9.55 Å². The fourth-order valence-electron chi connectivity index (χ4n) is 1.90. The molecular weight excluding hydrogens is 248 g/mol. The molecule has 0 saturated carbocycles. The molecule has 0 radical (unpaired) electrons. The minimum absolute atomic E-state index is 0.197. The summed E-state index contributed by atoms with van der Waals surface area (Å²) in [6.07, 6.45) is 2.90. The third-order valence-corrected chi connectivity index (χ3v) is 2.87. The van der Waals surface area contributed by atoms with Crippen LogP contribution in [-0.4, -0.2) is 20.2 Å². The molecule has 1 aliphatic rings. The summed E-state index contributed by atoms with van der Waals surface area (Å²) in [5, 5.41) is 14.6. The Hall–Kier alpha value is -2.70. The zero-order valence-electron chi connectivity index (χ0n) is 9.84. The van der Waals surface area contributed by atoms with E-state index >= 15 is 0 Å². The fraction of sp³-hybridized carbons (Fsp3) is 0.167. The van der Waals surface area contributed by atoms with Crippen molar-refractivity contribution in [3.8, 4) is 0 Å². The van der Waals surface area contributed by atoms with Crippen molar-refractivity contribution in [1.29, 1.82) is 0 Å². The zero-order chi connectivity index (χ0) is 13.2. The molecule has 0 spiro atoms. The van der Waals surface area contributed by atoms with Gasteiger partial charge in [-0.15, -0.1) is 0 Å². The van der Waals surface area contributed by atoms with Crippen LogP contribution in [0.3, 0.4) is 0 Å². The summed E-state index contributed by atoms with van der Waals surface area (Å²) in [4.78, 5) is 19.0. The van der Waals surface area contributed by atoms with E-state index in [0.29, 0.717) is 6.42 Å². The van der Waals surface area contributed by atoms with E-state index < -0.39 is 4.92 Å². The predicted molar refractivity (Wildman–Crippen MR) is 66.6 cm³/mol. The molecule has 0 saturated heterocycles. The van der Waals surface area contributed by atoms with E-state index in [9.17, 15) is 10.1 Å². The van der Waals surface area contributed by atoms with Gasteiger partial charge in [-0.25, -0.2) is 0 Å². The average molecular weight is 258 g/mol. The topological polar surface area (TPSA) is 82.5 Å². The van der Waals surface area contributed by atoms with Crippen LogP contribution < -0.4 is 0 Å². The summed E-state index contributed by atoms with van der Waals surface area (Å²) in [6, 6.07) is 9.67. The minimum atomic E-state index is -0.537. The number of aromatic nitrogens is 2. The number of nitro groups is 1. The number of oxime groups is 1. The molecule has 19 heavy (non-hydrogen) atoms. The van der Waals surface area contributed by atoms with E-state index in [2.05, 4.69) is 10.1 Å². The molecule has 1 aromatic carbocycles. The summed E-state index contributed by atoms with van der Waals surface area (Å²) < 4.78 is 1.55. The SMILES string of the molecule is O=[N+]([O-])c1cn(C2CC(c3ccccc3)=NO2)cn1. The van der Waals surface area contributed by atoms with Gasteiger partial charge in [0.1, 0.15) is 6.20 Å². The zero-order valence-corrected chi connectivity index (χ0v) is 9.84. The van der Waals surface area contributed by atoms with Gasteiger partial charge in [0.05, 0.1) is 12.1 Å². The second-order valence-corrected chi connectivity index (χ2v) is 4.10. The Bertz CT molecular complexity index is 635. The van der Waals surface area contributed by atoms with Crippen molar-refractivity contribution in [2.75, 3.05) is 0 Å². The maximum absolute atomic E-state index is 10.6. The minimum Gasteiger partial charge on any atom is -0.369 e. The summed E-state index contributed by atoms with van der Waals surface area (Å²) in [6.45, 7) is 0. The van der Waals surface area contributed by atoms with Gasteiger partial charge in [0.25, 0.3) is 0 Å². The third-order valence-electron chi connectivity index (χ3n) is 2.87.